The molecule has 0 bridgehead atoms. The van der Waals surface area contributed by atoms with Gasteiger partial charge in [0.25, 0.3) is 0 Å². The number of aryl methyl sites for hydroxylation is 2. The average Bonchev–Trinajstić information content (AvgIpc) is 2.86. The summed E-state index contributed by atoms with van der Waals surface area (Å²) in [5.41, 5.74) is 6.40. The highest BCUT2D eigenvalue weighted by Gasteiger charge is 2.66. The van der Waals surface area contributed by atoms with E-state index in [1.54, 1.807) is 0 Å². The van der Waals surface area contributed by atoms with Crippen molar-refractivity contribution in [2.24, 2.45) is 0 Å². The van der Waals surface area contributed by atoms with Gasteiger partial charge in [0.15, 0.2) is 23.9 Å². The SMILES string of the molecule is Cc1cccc2c1O[C@]1(Oc3c(cc4ccccc4c3C)-c3cccc[n+]31)[n+]1ccccc1-2. The van der Waals surface area contributed by atoms with Crippen molar-refractivity contribution in [2.45, 2.75) is 19.9 Å². The summed E-state index contributed by atoms with van der Waals surface area (Å²) in [5.74, 6) is 1.69. The summed E-state index contributed by atoms with van der Waals surface area (Å²) in [6, 6.07) is 28.1. The van der Waals surface area contributed by atoms with Crippen LogP contribution in [0.15, 0.2) is 97.3 Å². The van der Waals surface area contributed by atoms with Gasteiger partial charge in [0.1, 0.15) is 0 Å². The molecule has 4 heteroatoms. The number of hydrogen-bond acceptors (Lipinski definition) is 2. The molecule has 2 aliphatic rings. The van der Waals surface area contributed by atoms with Crippen LogP contribution >= 0.6 is 0 Å². The molecule has 33 heavy (non-hydrogen) atoms. The summed E-state index contributed by atoms with van der Waals surface area (Å²) in [4.78, 5) is 0. The molecule has 7 rings (SSSR count). The smallest absolute Gasteiger partial charge is 0.339 e. The summed E-state index contributed by atoms with van der Waals surface area (Å²) in [7, 11) is 0. The molecule has 1 spiro atoms. The van der Waals surface area contributed by atoms with Crippen LogP contribution in [0.1, 0.15) is 11.1 Å². The lowest BCUT2D eigenvalue weighted by Gasteiger charge is -2.32. The van der Waals surface area contributed by atoms with Gasteiger partial charge in [-0.1, -0.05) is 45.5 Å². The minimum absolute atomic E-state index is 0.841. The fraction of sp³-hybridized carbons (Fsp3) is 0.103. The number of rotatable bonds is 0. The van der Waals surface area contributed by atoms with Crippen molar-refractivity contribution in [3.8, 4) is 34.0 Å². The van der Waals surface area contributed by atoms with Gasteiger partial charge < -0.3 is 9.47 Å². The van der Waals surface area contributed by atoms with E-state index in [0.717, 1.165) is 45.1 Å². The van der Waals surface area contributed by atoms with Gasteiger partial charge >= 0.3 is 6.03 Å². The number of nitrogens with zero attached hydrogens (tertiary/aromatic N) is 2. The quantitative estimate of drug-likeness (QED) is 0.313. The lowest BCUT2D eigenvalue weighted by atomic mass is 9.97. The van der Waals surface area contributed by atoms with Gasteiger partial charge in [-0.15, -0.1) is 0 Å². The van der Waals surface area contributed by atoms with Gasteiger partial charge in [0.05, 0.1) is 11.1 Å². The number of aromatic nitrogens is 2. The molecule has 0 saturated heterocycles. The Morgan fingerprint density at radius 2 is 1.30 bits per heavy atom. The Labute approximate surface area is 191 Å². The molecule has 0 fully saturated rings. The molecule has 0 amide bonds. The van der Waals surface area contributed by atoms with Crippen molar-refractivity contribution in [3.05, 3.63) is 108 Å². The molecule has 1 atom stereocenters. The van der Waals surface area contributed by atoms with E-state index in [4.69, 9.17) is 9.47 Å². The van der Waals surface area contributed by atoms with E-state index < -0.39 is 6.03 Å². The maximum Gasteiger partial charge on any atom is 0.714 e. The Kier molecular flexibility index (Phi) is 3.58. The van der Waals surface area contributed by atoms with E-state index in [0.29, 0.717) is 0 Å². The zero-order chi connectivity index (χ0) is 22.2. The maximum absolute atomic E-state index is 6.97. The van der Waals surface area contributed by atoms with Crippen LogP contribution in [0.5, 0.6) is 11.5 Å². The normalized spacial score (nSPS) is 17.4. The van der Waals surface area contributed by atoms with E-state index in [1.807, 2.05) is 24.5 Å². The second-order valence-corrected chi connectivity index (χ2v) is 8.72. The van der Waals surface area contributed by atoms with Crippen LogP contribution in [0.4, 0.5) is 0 Å². The fourth-order valence-electron chi connectivity index (χ4n) is 5.24. The molecule has 0 unspecified atom stereocenters. The highest BCUT2D eigenvalue weighted by molar-refractivity contribution is 5.93. The van der Waals surface area contributed by atoms with E-state index in [9.17, 15) is 0 Å². The molecule has 0 saturated carbocycles. The summed E-state index contributed by atoms with van der Waals surface area (Å²) in [6.07, 6.45) is 4.07. The third kappa shape index (κ3) is 2.35. The van der Waals surface area contributed by atoms with Crippen LogP contribution in [0.25, 0.3) is 33.3 Å². The van der Waals surface area contributed by atoms with E-state index in [1.165, 1.54) is 10.8 Å². The molecule has 0 N–H and O–H groups in total. The summed E-state index contributed by atoms with van der Waals surface area (Å²) >= 11 is 0. The van der Waals surface area contributed by atoms with Gasteiger partial charge in [-0.2, -0.15) is 0 Å². The molecule has 0 aliphatic carbocycles. The van der Waals surface area contributed by atoms with Crippen LogP contribution in [0.2, 0.25) is 0 Å². The van der Waals surface area contributed by atoms with Crippen molar-refractivity contribution < 1.29 is 18.6 Å². The second-order valence-electron chi connectivity index (χ2n) is 8.72. The van der Waals surface area contributed by atoms with E-state index in [2.05, 4.69) is 95.8 Å². The molecule has 0 radical (unpaired) electrons. The monoisotopic (exact) mass is 430 g/mol. The number of benzene rings is 3. The van der Waals surface area contributed by atoms with Crippen molar-refractivity contribution >= 4 is 10.8 Å². The lowest BCUT2D eigenvalue weighted by molar-refractivity contribution is -1.06. The molecule has 4 nitrogen and oxygen atoms in total. The summed E-state index contributed by atoms with van der Waals surface area (Å²) in [6.45, 7) is 4.21. The first kappa shape index (κ1) is 18.4. The molecular formula is C29H22N2O2+2. The maximum atomic E-state index is 6.97. The zero-order valence-electron chi connectivity index (χ0n) is 18.4. The molecule has 3 aromatic carbocycles. The van der Waals surface area contributed by atoms with Crippen LogP contribution < -0.4 is 18.6 Å². The highest BCUT2D eigenvalue weighted by atomic mass is 16.7. The second kappa shape index (κ2) is 6.42. The zero-order valence-corrected chi connectivity index (χ0v) is 18.4. The molecule has 2 aliphatic heterocycles. The minimum atomic E-state index is -1.22. The van der Waals surface area contributed by atoms with Crippen LogP contribution in [-0.2, 0) is 6.03 Å². The molecule has 2 aromatic heterocycles. The first-order valence-electron chi connectivity index (χ1n) is 11.2. The number of para-hydroxylation sites is 1. The van der Waals surface area contributed by atoms with Crippen molar-refractivity contribution in [3.63, 3.8) is 0 Å². The highest BCUT2D eigenvalue weighted by Crippen LogP contribution is 2.45. The third-order valence-corrected chi connectivity index (χ3v) is 6.81. The van der Waals surface area contributed by atoms with Crippen molar-refractivity contribution in [1.29, 1.82) is 0 Å². The Morgan fingerprint density at radius 1 is 0.636 bits per heavy atom. The Hall–Kier alpha value is -4.18. The predicted octanol–water partition coefficient (Wildman–Crippen LogP) is 5.27. The Balaban J connectivity index is 1.60. The molecular weight excluding hydrogens is 408 g/mol. The Bertz CT molecular complexity index is 1610. The number of fused-ring (bicyclic) bond motifs is 9. The predicted molar refractivity (Wildman–Crippen MR) is 126 cm³/mol. The summed E-state index contributed by atoms with van der Waals surface area (Å²) in [5, 5.41) is 2.38. The molecule has 4 heterocycles. The summed E-state index contributed by atoms with van der Waals surface area (Å²) < 4.78 is 18.0. The van der Waals surface area contributed by atoms with Gasteiger partial charge in [-0.3, -0.25) is 0 Å². The molecule has 158 valence electrons. The number of hydrogen-bond donors (Lipinski definition) is 0. The third-order valence-electron chi connectivity index (χ3n) is 6.81. The average molecular weight is 431 g/mol. The van der Waals surface area contributed by atoms with Crippen LogP contribution in [-0.4, -0.2) is 0 Å². The Morgan fingerprint density at radius 3 is 2.09 bits per heavy atom. The largest absolute Gasteiger partial charge is 0.714 e. The number of pyridine rings is 2. The van der Waals surface area contributed by atoms with Crippen molar-refractivity contribution in [2.75, 3.05) is 0 Å². The van der Waals surface area contributed by atoms with Crippen LogP contribution in [0, 0.1) is 13.8 Å². The van der Waals surface area contributed by atoms with Gasteiger partial charge in [-0.05, 0) is 54.4 Å². The minimum Gasteiger partial charge on any atom is -0.339 e. The van der Waals surface area contributed by atoms with Gasteiger partial charge in [0.2, 0.25) is 11.4 Å². The molecule has 5 aromatic rings. The standard InChI is InChI=1S/C29H22N2O2/c1-19-10-9-13-23-25-14-5-7-16-30(25)29(32-27(19)23)31-17-8-6-15-26(31)24-18-21-11-3-4-12-22(21)20(2)28(24)33-29/h3-18H,1-2H3/q+2/t29-/m0/s1. The van der Waals surface area contributed by atoms with Crippen LogP contribution in [0.3, 0.4) is 0 Å². The van der Waals surface area contributed by atoms with Crippen molar-refractivity contribution in [1.82, 2.24) is 0 Å². The van der Waals surface area contributed by atoms with E-state index >= 15 is 0 Å². The van der Waals surface area contributed by atoms with Gasteiger partial charge in [0, 0.05) is 29.8 Å². The number of ether oxygens (including phenoxy) is 2. The first-order chi connectivity index (χ1) is 16.2. The fourth-order valence-corrected chi connectivity index (χ4v) is 5.24. The lowest BCUT2D eigenvalue weighted by Crippen LogP contribution is -2.82. The van der Waals surface area contributed by atoms with Gasteiger partial charge in [-0.25, -0.2) is 0 Å². The van der Waals surface area contributed by atoms with E-state index in [-0.39, 0.29) is 0 Å². The first-order valence-corrected chi connectivity index (χ1v) is 11.2. The topological polar surface area (TPSA) is 26.2 Å².